The third-order valence-corrected chi connectivity index (χ3v) is 4.73. The lowest BCUT2D eigenvalue weighted by Gasteiger charge is -2.15. The van der Waals surface area contributed by atoms with Gasteiger partial charge in [0.1, 0.15) is 6.10 Å². The molecule has 0 bridgehead atoms. The molecule has 108 valence electrons. The van der Waals surface area contributed by atoms with Gasteiger partial charge in [-0.2, -0.15) is 0 Å². The van der Waals surface area contributed by atoms with Crippen LogP contribution in [-0.4, -0.2) is 10.1 Å². The van der Waals surface area contributed by atoms with Gasteiger partial charge in [0.2, 0.25) is 0 Å². The Hall–Kier alpha value is -0.900. The standard InChI is InChI=1S/C16H20ClNOS/c1-4-6-11-7-8-12(17)9-13(11)16(19)15-10(3)20-14(5-2)18-15/h7-9,16,19H,4-6H2,1-3H3. The molecule has 0 aliphatic carbocycles. The maximum atomic E-state index is 10.7. The Morgan fingerprint density at radius 3 is 2.70 bits per heavy atom. The van der Waals surface area contributed by atoms with E-state index in [9.17, 15) is 5.11 Å². The maximum absolute atomic E-state index is 10.7. The van der Waals surface area contributed by atoms with Crippen LogP contribution in [0, 0.1) is 6.92 Å². The summed E-state index contributed by atoms with van der Waals surface area (Å²) < 4.78 is 0. The lowest BCUT2D eigenvalue weighted by atomic mass is 9.97. The van der Waals surface area contributed by atoms with Gasteiger partial charge in [-0.05, 0) is 43.0 Å². The summed E-state index contributed by atoms with van der Waals surface area (Å²) in [4.78, 5) is 5.64. The van der Waals surface area contributed by atoms with Crippen molar-refractivity contribution in [1.82, 2.24) is 4.98 Å². The van der Waals surface area contributed by atoms with E-state index < -0.39 is 6.10 Å². The molecular weight excluding hydrogens is 290 g/mol. The van der Waals surface area contributed by atoms with Crippen molar-refractivity contribution in [2.24, 2.45) is 0 Å². The normalized spacial score (nSPS) is 12.7. The molecule has 0 aliphatic heterocycles. The van der Waals surface area contributed by atoms with Crippen LogP contribution in [0.1, 0.15) is 53.1 Å². The van der Waals surface area contributed by atoms with Crippen molar-refractivity contribution in [3.63, 3.8) is 0 Å². The first kappa shape index (κ1) is 15.5. The van der Waals surface area contributed by atoms with Gasteiger partial charge in [0, 0.05) is 9.90 Å². The van der Waals surface area contributed by atoms with Crippen LogP contribution in [-0.2, 0) is 12.8 Å². The molecule has 1 unspecified atom stereocenters. The molecule has 2 nitrogen and oxygen atoms in total. The van der Waals surface area contributed by atoms with Gasteiger partial charge in [-0.1, -0.05) is 37.9 Å². The molecule has 1 heterocycles. The highest BCUT2D eigenvalue weighted by atomic mass is 35.5. The molecule has 1 N–H and O–H groups in total. The topological polar surface area (TPSA) is 33.1 Å². The smallest absolute Gasteiger partial charge is 0.122 e. The second-order valence-electron chi connectivity index (χ2n) is 4.90. The summed E-state index contributed by atoms with van der Waals surface area (Å²) >= 11 is 7.75. The summed E-state index contributed by atoms with van der Waals surface area (Å²) in [6.07, 6.45) is 2.19. The minimum atomic E-state index is -0.688. The van der Waals surface area contributed by atoms with Crippen molar-refractivity contribution in [3.05, 3.63) is 49.9 Å². The molecule has 0 saturated heterocycles. The van der Waals surface area contributed by atoms with E-state index in [1.165, 1.54) is 0 Å². The SMILES string of the molecule is CCCc1ccc(Cl)cc1C(O)c1nc(CC)sc1C. The van der Waals surface area contributed by atoms with Gasteiger partial charge < -0.3 is 5.11 Å². The number of benzene rings is 1. The van der Waals surface area contributed by atoms with Crippen LogP contribution in [0.2, 0.25) is 5.02 Å². The highest BCUT2D eigenvalue weighted by Gasteiger charge is 2.20. The predicted octanol–water partition coefficient (Wildman–Crippen LogP) is 4.70. The molecule has 0 radical (unpaired) electrons. The van der Waals surface area contributed by atoms with E-state index in [1.54, 1.807) is 11.3 Å². The molecule has 0 spiro atoms. The molecule has 2 aromatic rings. The highest BCUT2D eigenvalue weighted by molar-refractivity contribution is 7.11. The second kappa shape index (κ2) is 6.70. The number of hydrogen-bond donors (Lipinski definition) is 1. The van der Waals surface area contributed by atoms with Crippen molar-refractivity contribution in [3.8, 4) is 0 Å². The second-order valence-corrected chi connectivity index (χ2v) is 6.62. The first-order chi connectivity index (χ1) is 9.56. The van der Waals surface area contributed by atoms with Crippen LogP contribution in [0.5, 0.6) is 0 Å². The number of aliphatic hydroxyl groups is 1. The average Bonchev–Trinajstić information content (AvgIpc) is 2.81. The summed E-state index contributed by atoms with van der Waals surface area (Å²) in [6.45, 7) is 6.23. The van der Waals surface area contributed by atoms with Gasteiger partial charge in [-0.15, -0.1) is 11.3 Å². The fraction of sp³-hybridized carbons (Fsp3) is 0.438. The molecule has 1 aromatic heterocycles. The first-order valence-electron chi connectivity index (χ1n) is 6.99. The summed E-state index contributed by atoms with van der Waals surface area (Å²) in [5.41, 5.74) is 2.80. The summed E-state index contributed by atoms with van der Waals surface area (Å²) in [5, 5.41) is 12.4. The van der Waals surface area contributed by atoms with E-state index in [4.69, 9.17) is 11.6 Å². The van der Waals surface area contributed by atoms with Gasteiger partial charge in [-0.25, -0.2) is 4.98 Å². The third-order valence-electron chi connectivity index (χ3n) is 3.36. The number of aryl methyl sites for hydroxylation is 3. The first-order valence-corrected chi connectivity index (χ1v) is 8.18. The fourth-order valence-electron chi connectivity index (χ4n) is 2.33. The van der Waals surface area contributed by atoms with Crippen LogP contribution in [0.4, 0.5) is 0 Å². The lowest BCUT2D eigenvalue weighted by molar-refractivity contribution is 0.214. The monoisotopic (exact) mass is 309 g/mol. The van der Waals surface area contributed by atoms with E-state index in [0.29, 0.717) is 5.02 Å². The van der Waals surface area contributed by atoms with Crippen LogP contribution in [0.3, 0.4) is 0 Å². The number of aromatic nitrogens is 1. The molecule has 2 rings (SSSR count). The Bertz CT molecular complexity index is 594. The van der Waals surface area contributed by atoms with Gasteiger partial charge in [0.15, 0.2) is 0 Å². The number of rotatable bonds is 5. The highest BCUT2D eigenvalue weighted by Crippen LogP contribution is 2.32. The van der Waals surface area contributed by atoms with E-state index >= 15 is 0 Å². The minimum Gasteiger partial charge on any atom is -0.382 e. The van der Waals surface area contributed by atoms with Crippen LogP contribution < -0.4 is 0 Å². The number of halogens is 1. The van der Waals surface area contributed by atoms with Crippen LogP contribution in [0.15, 0.2) is 18.2 Å². The molecule has 0 amide bonds. The fourth-order valence-corrected chi connectivity index (χ4v) is 3.42. The van der Waals surface area contributed by atoms with E-state index in [1.807, 2.05) is 25.1 Å². The Kier molecular flexibility index (Phi) is 5.19. The van der Waals surface area contributed by atoms with Crippen LogP contribution in [0.25, 0.3) is 0 Å². The van der Waals surface area contributed by atoms with E-state index in [2.05, 4.69) is 18.8 Å². The summed E-state index contributed by atoms with van der Waals surface area (Å²) in [7, 11) is 0. The lowest BCUT2D eigenvalue weighted by Crippen LogP contribution is -2.06. The number of thiazole rings is 1. The van der Waals surface area contributed by atoms with Gasteiger partial charge in [-0.3, -0.25) is 0 Å². The Balaban J connectivity index is 2.43. The average molecular weight is 310 g/mol. The van der Waals surface area contributed by atoms with Crippen molar-refractivity contribution < 1.29 is 5.11 Å². The Morgan fingerprint density at radius 1 is 1.35 bits per heavy atom. The largest absolute Gasteiger partial charge is 0.382 e. The molecule has 0 aliphatic rings. The molecule has 1 atom stereocenters. The van der Waals surface area contributed by atoms with Crippen molar-refractivity contribution >= 4 is 22.9 Å². The summed E-state index contributed by atoms with van der Waals surface area (Å²) in [5.74, 6) is 0. The third kappa shape index (κ3) is 3.22. The van der Waals surface area contributed by atoms with Crippen molar-refractivity contribution in [2.45, 2.75) is 46.1 Å². The molecule has 20 heavy (non-hydrogen) atoms. The zero-order valence-corrected chi connectivity index (χ0v) is 13.7. The van der Waals surface area contributed by atoms with Crippen LogP contribution >= 0.6 is 22.9 Å². The molecule has 0 fully saturated rings. The zero-order chi connectivity index (χ0) is 14.7. The van der Waals surface area contributed by atoms with Gasteiger partial charge in [0.05, 0.1) is 10.7 Å². The molecule has 0 saturated carbocycles. The van der Waals surface area contributed by atoms with Gasteiger partial charge >= 0.3 is 0 Å². The summed E-state index contributed by atoms with van der Waals surface area (Å²) in [6, 6.07) is 5.75. The number of nitrogens with zero attached hydrogens (tertiary/aromatic N) is 1. The van der Waals surface area contributed by atoms with Gasteiger partial charge in [0.25, 0.3) is 0 Å². The van der Waals surface area contributed by atoms with E-state index in [0.717, 1.165) is 46.0 Å². The molecule has 4 heteroatoms. The van der Waals surface area contributed by atoms with Crippen molar-refractivity contribution in [2.75, 3.05) is 0 Å². The quantitative estimate of drug-likeness (QED) is 0.868. The maximum Gasteiger partial charge on any atom is 0.122 e. The molecule has 1 aromatic carbocycles. The Labute approximate surface area is 129 Å². The van der Waals surface area contributed by atoms with E-state index in [-0.39, 0.29) is 0 Å². The zero-order valence-electron chi connectivity index (χ0n) is 12.1. The number of hydrogen-bond acceptors (Lipinski definition) is 3. The van der Waals surface area contributed by atoms with Crippen molar-refractivity contribution in [1.29, 1.82) is 0 Å². The number of aliphatic hydroxyl groups excluding tert-OH is 1. The minimum absolute atomic E-state index is 0.655. The predicted molar refractivity (Wildman–Crippen MR) is 85.7 cm³/mol. The Morgan fingerprint density at radius 2 is 2.10 bits per heavy atom. The molecular formula is C16H20ClNOS.